The quantitative estimate of drug-likeness (QED) is 0.741. The number of carbonyl (C=O) groups excluding carboxylic acids is 1. The molecule has 3 N–H and O–H groups in total. The Labute approximate surface area is 137 Å². The molecule has 1 fully saturated rings. The fraction of sp³-hybridized carbons (Fsp3) is 0.400. The average Bonchev–Trinajstić information content (AvgIpc) is 3.20. The molecule has 0 aliphatic carbocycles. The Balaban J connectivity index is 1.59. The van der Waals surface area contributed by atoms with Crippen LogP contribution < -0.4 is 5.32 Å². The summed E-state index contributed by atoms with van der Waals surface area (Å²) in [4.78, 5) is 20.4. The molecule has 8 heteroatoms. The highest BCUT2D eigenvalue weighted by Crippen LogP contribution is 2.34. The van der Waals surface area contributed by atoms with Crippen LogP contribution in [-0.4, -0.2) is 44.9 Å². The molecule has 1 aliphatic heterocycles. The van der Waals surface area contributed by atoms with E-state index in [2.05, 4.69) is 15.3 Å². The van der Waals surface area contributed by atoms with Gasteiger partial charge in [0.1, 0.15) is 22.9 Å². The highest BCUT2D eigenvalue weighted by molar-refractivity contribution is 7.09. The third-order valence-corrected chi connectivity index (χ3v) is 4.55. The standard InChI is InChI=1S/C15H17N3O4S/c19-7-13-11(20)4-12(22-13)15-18-10(8-23-15)14(21)17-6-9-2-1-3-16-5-9/h1-3,5,8,11-13,19-20H,4,6-7H2,(H,17,21)/t11-,12+,13+/m0/s1. The van der Waals surface area contributed by atoms with Gasteiger partial charge in [0, 0.05) is 30.7 Å². The van der Waals surface area contributed by atoms with Crippen molar-refractivity contribution in [2.45, 2.75) is 31.3 Å². The summed E-state index contributed by atoms with van der Waals surface area (Å²) in [5.74, 6) is -0.270. The maximum Gasteiger partial charge on any atom is 0.271 e. The number of aliphatic hydroxyl groups is 2. The normalized spacial score (nSPS) is 23.8. The van der Waals surface area contributed by atoms with E-state index >= 15 is 0 Å². The summed E-state index contributed by atoms with van der Waals surface area (Å²) in [5, 5.41) is 23.9. The van der Waals surface area contributed by atoms with E-state index in [1.165, 1.54) is 11.3 Å². The molecule has 0 radical (unpaired) electrons. The fourth-order valence-electron chi connectivity index (χ4n) is 2.37. The van der Waals surface area contributed by atoms with Crippen LogP contribution in [0.4, 0.5) is 0 Å². The second-order valence-corrected chi connectivity index (χ2v) is 6.15. The van der Waals surface area contributed by atoms with Crippen LogP contribution in [0, 0.1) is 0 Å². The Bertz CT molecular complexity index is 664. The van der Waals surface area contributed by atoms with Crippen molar-refractivity contribution in [1.29, 1.82) is 0 Å². The van der Waals surface area contributed by atoms with E-state index in [0.717, 1.165) is 5.56 Å². The second-order valence-electron chi connectivity index (χ2n) is 5.26. The van der Waals surface area contributed by atoms with Gasteiger partial charge in [-0.1, -0.05) is 6.07 Å². The van der Waals surface area contributed by atoms with Crippen molar-refractivity contribution in [3.05, 3.63) is 46.2 Å². The molecule has 3 rings (SSSR count). The zero-order valence-corrected chi connectivity index (χ0v) is 13.1. The Morgan fingerprint density at radius 3 is 3.09 bits per heavy atom. The van der Waals surface area contributed by atoms with Crippen molar-refractivity contribution in [2.75, 3.05) is 6.61 Å². The molecule has 0 bridgehead atoms. The number of aromatic nitrogens is 2. The van der Waals surface area contributed by atoms with Gasteiger partial charge >= 0.3 is 0 Å². The van der Waals surface area contributed by atoms with Crippen molar-refractivity contribution in [2.24, 2.45) is 0 Å². The summed E-state index contributed by atoms with van der Waals surface area (Å²) >= 11 is 1.31. The Kier molecular flexibility index (Phi) is 4.97. The maximum absolute atomic E-state index is 12.1. The molecule has 23 heavy (non-hydrogen) atoms. The van der Waals surface area contributed by atoms with E-state index in [1.54, 1.807) is 17.8 Å². The van der Waals surface area contributed by atoms with Gasteiger partial charge < -0.3 is 20.3 Å². The number of hydrogen-bond acceptors (Lipinski definition) is 7. The summed E-state index contributed by atoms with van der Waals surface area (Å²) < 4.78 is 5.54. The van der Waals surface area contributed by atoms with E-state index in [4.69, 9.17) is 9.84 Å². The number of hydrogen-bond donors (Lipinski definition) is 3. The first-order valence-electron chi connectivity index (χ1n) is 7.24. The van der Waals surface area contributed by atoms with E-state index in [0.29, 0.717) is 23.7 Å². The molecule has 0 unspecified atom stereocenters. The van der Waals surface area contributed by atoms with Crippen molar-refractivity contribution in [3.8, 4) is 0 Å². The molecule has 0 saturated carbocycles. The highest BCUT2D eigenvalue weighted by Gasteiger charge is 2.36. The lowest BCUT2D eigenvalue weighted by atomic mass is 10.1. The van der Waals surface area contributed by atoms with E-state index in [9.17, 15) is 9.90 Å². The van der Waals surface area contributed by atoms with Crippen LogP contribution >= 0.6 is 11.3 Å². The number of carbonyl (C=O) groups is 1. The van der Waals surface area contributed by atoms with Crippen molar-refractivity contribution in [3.63, 3.8) is 0 Å². The molecule has 2 aromatic heterocycles. The predicted molar refractivity (Wildman–Crippen MR) is 82.8 cm³/mol. The topological polar surface area (TPSA) is 105 Å². The molecule has 3 heterocycles. The van der Waals surface area contributed by atoms with E-state index < -0.39 is 12.2 Å². The van der Waals surface area contributed by atoms with Crippen LogP contribution in [0.1, 0.15) is 33.6 Å². The summed E-state index contributed by atoms with van der Waals surface area (Å²) in [6.45, 7) is 0.145. The molecule has 1 amide bonds. The van der Waals surface area contributed by atoms with E-state index in [-0.39, 0.29) is 18.6 Å². The molecule has 122 valence electrons. The smallest absolute Gasteiger partial charge is 0.271 e. The van der Waals surface area contributed by atoms with Crippen LogP contribution in [0.2, 0.25) is 0 Å². The fourth-order valence-corrected chi connectivity index (χ4v) is 3.21. The lowest BCUT2D eigenvalue weighted by Crippen LogP contribution is -2.24. The van der Waals surface area contributed by atoms with Crippen LogP contribution in [0.25, 0.3) is 0 Å². The van der Waals surface area contributed by atoms with Crippen molar-refractivity contribution >= 4 is 17.2 Å². The van der Waals surface area contributed by atoms with Gasteiger partial charge in [-0.3, -0.25) is 9.78 Å². The summed E-state index contributed by atoms with van der Waals surface area (Å²) in [6.07, 6.45) is 2.05. The number of rotatable bonds is 5. The Hall–Kier alpha value is -1.87. The first-order chi connectivity index (χ1) is 11.2. The van der Waals surface area contributed by atoms with E-state index in [1.807, 2.05) is 12.1 Å². The number of ether oxygens (including phenoxy) is 1. The number of nitrogens with one attached hydrogen (secondary N) is 1. The largest absolute Gasteiger partial charge is 0.394 e. The van der Waals surface area contributed by atoms with Gasteiger partial charge in [0.25, 0.3) is 5.91 Å². The first-order valence-corrected chi connectivity index (χ1v) is 8.12. The molecular weight excluding hydrogens is 318 g/mol. The minimum atomic E-state index is -0.711. The van der Waals surface area contributed by atoms with Gasteiger partial charge in [0.2, 0.25) is 0 Å². The molecular formula is C15H17N3O4S. The minimum absolute atomic E-state index is 0.235. The van der Waals surface area contributed by atoms with Crippen LogP contribution in [0.15, 0.2) is 29.9 Å². The second kappa shape index (κ2) is 7.14. The molecule has 1 aliphatic rings. The zero-order valence-electron chi connectivity index (χ0n) is 12.3. The molecule has 3 atom stereocenters. The molecule has 0 spiro atoms. The molecule has 0 aromatic carbocycles. The number of aliphatic hydroxyl groups excluding tert-OH is 2. The van der Waals surface area contributed by atoms with Crippen LogP contribution in [-0.2, 0) is 11.3 Å². The summed E-state index contributed by atoms with van der Waals surface area (Å²) in [7, 11) is 0. The minimum Gasteiger partial charge on any atom is -0.394 e. The number of pyridine rings is 1. The predicted octanol–water partition coefficient (Wildman–Crippen LogP) is 0.651. The van der Waals surface area contributed by atoms with Gasteiger partial charge in [-0.2, -0.15) is 0 Å². The number of amides is 1. The zero-order chi connectivity index (χ0) is 16.2. The molecule has 1 saturated heterocycles. The van der Waals surface area contributed by atoms with Crippen LogP contribution in [0.5, 0.6) is 0 Å². The SMILES string of the molecule is O=C(NCc1cccnc1)c1csc([C@H]2C[C@H](O)[C@@H](CO)O2)n1. The maximum atomic E-state index is 12.1. The van der Waals surface area contributed by atoms with Crippen molar-refractivity contribution in [1.82, 2.24) is 15.3 Å². The molecule has 7 nitrogen and oxygen atoms in total. The third-order valence-electron chi connectivity index (χ3n) is 3.61. The average molecular weight is 335 g/mol. The van der Waals surface area contributed by atoms with Gasteiger partial charge in [-0.15, -0.1) is 11.3 Å². The summed E-state index contributed by atoms with van der Waals surface area (Å²) in [5.41, 5.74) is 1.23. The van der Waals surface area contributed by atoms with Gasteiger partial charge in [-0.05, 0) is 11.6 Å². The Morgan fingerprint density at radius 2 is 2.39 bits per heavy atom. The number of thiazole rings is 1. The Morgan fingerprint density at radius 1 is 1.52 bits per heavy atom. The lowest BCUT2D eigenvalue weighted by molar-refractivity contribution is -0.0226. The van der Waals surface area contributed by atoms with Gasteiger partial charge in [0.05, 0.1) is 12.7 Å². The molecule has 2 aromatic rings. The first kappa shape index (κ1) is 16.0. The monoisotopic (exact) mass is 335 g/mol. The van der Waals surface area contributed by atoms with Crippen molar-refractivity contribution < 1.29 is 19.7 Å². The lowest BCUT2D eigenvalue weighted by Gasteiger charge is -2.09. The van der Waals surface area contributed by atoms with Gasteiger partial charge in [0.15, 0.2) is 0 Å². The number of nitrogens with zero attached hydrogens (tertiary/aromatic N) is 2. The third kappa shape index (κ3) is 3.73. The highest BCUT2D eigenvalue weighted by atomic mass is 32.1. The summed E-state index contributed by atoms with van der Waals surface area (Å²) in [6, 6.07) is 3.69. The van der Waals surface area contributed by atoms with Crippen LogP contribution in [0.3, 0.4) is 0 Å². The van der Waals surface area contributed by atoms with Gasteiger partial charge in [-0.25, -0.2) is 4.98 Å².